The first-order chi connectivity index (χ1) is 6.94. The summed E-state index contributed by atoms with van der Waals surface area (Å²) in [6.07, 6.45) is 0.749. The maximum Gasteiger partial charge on any atom is 0.163 e. The molecule has 0 spiro atoms. The van der Waals surface area contributed by atoms with Gasteiger partial charge in [0, 0.05) is 12.7 Å². The number of hydrogen-bond acceptors (Lipinski definition) is 3. The van der Waals surface area contributed by atoms with Crippen LogP contribution in [0.25, 0.3) is 0 Å². The van der Waals surface area contributed by atoms with E-state index in [0.29, 0.717) is 21.7 Å². The lowest BCUT2D eigenvalue weighted by atomic mass is 10.0. The molecule has 0 amide bonds. The number of ether oxygens (including phenoxy) is 1. The second-order valence-electron chi connectivity index (χ2n) is 3.54. The van der Waals surface area contributed by atoms with E-state index in [1.807, 2.05) is 13.8 Å². The van der Waals surface area contributed by atoms with Gasteiger partial charge in [-0.3, -0.25) is 0 Å². The molecule has 3 nitrogen and oxygen atoms in total. The average molecular weight is 249 g/mol. The molecular formula is C10H14Cl2N2O. The first-order valence-electron chi connectivity index (χ1n) is 4.70. The van der Waals surface area contributed by atoms with Gasteiger partial charge in [-0.1, -0.05) is 30.1 Å². The Hall–Kier alpha value is -0.380. The largest absolute Gasteiger partial charge is 0.371 e. The maximum atomic E-state index is 5.95. The minimum absolute atomic E-state index is 0.377. The summed E-state index contributed by atoms with van der Waals surface area (Å²) in [5.41, 5.74) is 0.151. The molecule has 0 aliphatic heterocycles. The zero-order valence-corrected chi connectivity index (χ0v) is 10.8. The van der Waals surface area contributed by atoms with Crippen LogP contribution in [0, 0.1) is 6.92 Å². The van der Waals surface area contributed by atoms with Crippen molar-refractivity contribution in [3.8, 4) is 0 Å². The minimum Gasteiger partial charge on any atom is -0.371 e. The summed E-state index contributed by atoms with van der Waals surface area (Å²) in [7, 11) is 1.62. The second-order valence-corrected chi connectivity index (χ2v) is 4.26. The van der Waals surface area contributed by atoms with Gasteiger partial charge < -0.3 is 4.74 Å². The van der Waals surface area contributed by atoms with Crippen molar-refractivity contribution in [2.75, 3.05) is 7.11 Å². The predicted molar refractivity (Wildman–Crippen MR) is 61.4 cm³/mol. The molecule has 0 saturated heterocycles. The topological polar surface area (TPSA) is 35.0 Å². The highest BCUT2D eigenvalue weighted by Gasteiger charge is 2.28. The fraction of sp³-hybridized carbons (Fsp3) is 0.600. The average Bonchev–Trinajstić information content (AvgIpc) is 2.24. The van der Waals surface area contributed by atoms with Gasteiger partial charge in [-0.2, -0.15) is 0 Å². The molecule has 1 aromatic rings. The maximum absolute atomic E-state index is 5.95. The summed E-state index contributed by atoms with van der Waals surface area (Å²) >= 11 is 11.9. The standard InChI is InChI=1S/C10H14Cl2N2O/c1-5-10(3,15-4)9-13-7(11)6(2)8(12)14-9/h5H2,1-4H3. The van der Waals surface area contributed by atoms with Gasteiger partial charge in [-0.25, -0.2) is 9.97 Å². The molecule has 0 fully saturated rings. The number of halogens is 2. The van der Waals surface area contributed by atoms with Crippen LogP contribution < -0.4 is 0 Å². The lowest BCUT2D eigenvalue weighted by Crippen LogP contribution is -2.26. The first-order valence-corrected chi connectivity index (χ1v) is 5.45. The molecule has 5 heteroatoms. The van der Waals surface area contributed by atoms with Crippen molar-refractivity contribution in [2.24, 2.45) is 0 Å². The quantitative estimate of drug-likeness (QED) is 0.770. The van der Waals surface area contributed by atoms with Gasteiger partial charge in [0.05, 0.1) is 0 Å². The van der Waals surface area contributed by atoms with Gasteiger partial charge in [-0.05, 0) is 20.3 Å². The zero-order chi connectivity index (χ0) is 11.6. The molecule has 15 heavy (non-hydrogen) atoms. The van der Waals surface area contributed by atoms with Crippen molar-refractivity contribution in [1.82, 2.24) is 9.97 Å². The smallest absolute Gasteiger partial charge is 0.163 e. The Kier molecular flexibility index (Phi) is 3.93. The molecule has 0 N–H and O–H groups in total. The van der Waals surface area contributed by atoms with Crippen molar-refractivity contribution in [3.05, 3.63) is 21.7 Å². The lowest BCUT2D eigenvalue weighted by molar-refractivity contribution is -0.00898. The van der Waals surface area contributed by atoms with Crippen LogP contribution in [0.3, 0.4) is 0 Å². The third kappa shape index (κ3) is 2.41. The predicted octanol–water partition coefficient (Wildman–Crippen LogP) is 3.36. The Labute approximate surface area is 99.8 Å². The highest BCUT2D eigenvalue weighted by molar-refractivity contribution is 6.34. The van der Waals surface area contributed by atoms with E-state index in [4.69, 9.17) is 27.9 Å². The molecule has 1 rings (SSSR count). The van der Waals surface area contributed by atoms with Gasteiger partial charge in [0.25, 0.3) is 0 Å². The molecule has 0 bridgehead atoms. The Bertz CT molecular complexity index is 341. The number of aromatic nitrogens is 2. The second kappa shape index (κ2) is 4.64. The fourth-order valence-electron chi connectivity index (χ4n) is 1.09. The van der Waals surface area contributed by atoms with Gasteiger partial charge >= 0.3 is 0 Å². The van der Waals surface area contributed by atoms with Crippen LogP contribution in [0.5, 0.6) is 0 Å². The first kappa shape index (κ1) is 12.7. The van der Waals surface area contributed by atoms with E-state index in [2.05, 4.69) is 9.97 Å². The summed E-state index contributed by atoms with van der Waals surface area (Å²) in [4.78, 5) is 8.38. The number of hydrogen-bond donors (Lipinski definition) is 0. The molecule has 1 aromatic heterocycles. The molecule has 1 atom stereocenters. The van der Waals surface area contributed by atoms with Crippen LogP contribution in [-0.2, 0) is 10.3 Å². The Morgan fingerprint density at radius 1 is 1.27 bits per heavy atom. The minimum atomic E-state index is -0.541. The highest BCUT2D eigenvalue weighted by Crippen LogP contribution is 2.29. The van der Waals surface area contributed by atoms with Crippen molar-refractivity contribution >= 4 is 23.2 Å². The van der Waals surface area contributed by atoms with E-state index in [9.17, 15) is 0 Å². The van der Waals surface area contributed by atoms with Crippen molar-refractivity contribution in [3.63, 3.8) is 0 Å². The summed E-state index contributed by atoms with van der Waals surface area (Å²) in [6, 6.07) is 0. The van der Waals surface area contributed by atoms with Crippen LogP contribution in [-0.4, -0.2) is 17.1 Å². The van der Waals surface area contributed by atoms with Crippen molar-refractivity contribution < 1.29 is 4.74 Å². The SMILES string of the molecule is CCC(C)(OC)c1nc(Cl)c(C)c(Cl)n1. The normalized spacial score (nSPS) is 15.1. The number of methoxy groups -OCH3 is 1. The van der Waals surface area contributed by atoms with E-state index < -0.39 is 5.60 Å². The Morgan fingerprint density at radius 2 is 1.73 bits per heavy atom. The summed E-state index contributed by atoms with van der Waals surface area (Å²) in [6.45, 7) is 5.68. The molecule has 0 aliphatic rings. The van der Waals surface area contributed by atoms with Gasteiger partial charge in [0.1, 0.15) is 15.9 Å². The zero-order valence-electron chi connectivity index (χ0n) is 9.27. The van der Waals surface area contributed by atoms with Crippen LogP contribution in [0.2, 0.25) is 10.3 Å². The monoisotopic (exact) mass is 248 g/mol. The summed E-state index contributed by atoms with van der Waals surface area (Å²) in [5.74, 6) is 0.521. The van der Waals surface area contributed by atoms with E-state index in [-0.39, 0.29) is 0 Å². The Morgan fingerprint density at radius 3 is 2.07 bits per heavy atom. The highest BCUT2D eigenvalue weighted by atomic mass is 35.5. The van der Waals surface area contributed by atoms with E-state index >= 15 is 0 Å². The van der Waals surface area contributed by atoms with Gasteiger partial charge in [0.15, 0.2) is 5.82 Å². The molecular weight excluding hydrogens is 235 g/mol. The lowest BCUT2D eigenvalue weighted by Gasteiger charge is -2.25. The van der Waals surface area contributed by atoms with Gasteiger partial charge in [-0.15, -0.1) is 0 Å². The molecule has 1 unspecified atom stereocenters. The number of rotatable bonds is 3. The van der Waals surface area contributed by atoms with Crippen LogP contribution in [0.4, 0.5) is 0 Å². The van der Waals surface area contributed by atoms with Crippen LogP contribution >= 0.6 is 23.2 Å². The van der Waals surface area contributed by atoms with Crippen LogP contribution in [0.1, 0.15) is 31.7 Å². The summed E-state index contributed by atoms with van der Waals surface area (Å²) in [5, 5.41) is 0.753. The van der Waals surface area contributed by atoms with Gasteiger partial charge in [0.2, 0.25) is 0 Å². The van der Waals surface area contributed by atoms with E-state index in [1.54, 1.807) is 14.0 Å². The molecule has 0 saturated carbocycles. The molecule has 0 radical (unpaired) electrons. The van der Waals surface area contributed by atoms with E-state index in [0.717, 1.165) is 6.42 Å². The van der Waals surface area contributed by atoms with E-state index in [1.165, 1.54) is 0 Å². The third-order valence-corrected chi connectivity index (χ3v) is 3.36. The molecule has 1 heterocycles. The van der Waals surface area contributed by atoms with Crippen molar-refractivity contribution in [1.29, 1.82) is 0 Å². The molecule has 0 aromatic carbocycles. The molecule has 0 aliphatic carbocycles. The fourth-order valence-corrected chi connectivity index (χ4v) is 1.48. The number of nitrogens with zero attached hydrogens (tertiary/aromatic N) is 2. The van der Waals surface area contributed by atoms with Crippen LogP contribution in [0.15, 0.2) is 0 Å². The molecule has 84 valence electrons. The van der Waals surface area contributed by atoms with Crippen molar-refractivity contribution in [2.45, 2.75) is 32.8 Å². The summed E-state index contributed by atoms with van der Waals surface area (Å²) < 4.78 is 5.38. The third-order valence-electron chi connectivity index (χ3n) is 2.63. The Balaban J connectivity index is 3.27.